The Labute approximate surface area is 110 Å². The third kappa shape index (κ3) is 13.1. The number of Topliss-reactive ketones (excluding diaryl/α,β-unsaturated/α-hetero) is 3. The van der Waals surface area contributed by atoms with Gasteiger partial charge in [-0.05, 0) is 39.5 Å². The summed E-state index contributed by atoms with van der Waals surface area (Å²) in [6.07, 6.45) is 8.15. The van der Waals surface area contributed by atoms with E-state index in [-0.39, 0.29) is 11.6 Å². The van der Waals surface area contributed by atoms with Crippen molar-refractivity contribution in [3.8, 4) is 0 Å². The molecule has 0 unspecified atom stereocenters. The zero-order chi connectivity index (χ0) is 13.8. The molecule has 0 heterocycles. The number of hydrogen-bond acceptors (Lipinski definition) is 3. The summed E-state index contributed by atoms with van der Waals surface area (Å²) < 4.78 is 0. The maximum absolute atomic E-state index is 11.5. The molecular formula is C15H26O3. The highest BCUT2D eigenvalue weighted by Gasteiger charge is 2.02. The van der Waals surface area contributed by atoms with Crippen LogP contribution in [0.3, 0.4) is 0 Å². The Hall–Kier alpha value is -0.990. The zero-order valence-electron chi connectivity index (χ0n) is 11.8. The molecule has 0 bridgehead atoms. The molecule has 0 fully saturated rings. The molecule has 3 nitrogen and oxygen atoms in total. The van der Waals surface area contributed by atoms with Gasteiger partial charge in [-0.25, -0.2) is 0 Å². The van der Waals surface area contributed by atoms with Gasteiger partial charge in [0.25, 0.3) is 0 Å². The van der Waals surface area contributed by atoms with Crippen molar-refractivity contribution in [3.63, 3.8) is 0 Å². The average molecular weight is 254 g/mol. The van der Waals surface area contributed by atoms with Crippen LogP contribution in [0.15, 0.2) is 0 Å². The Bertz CT molecular complexity index is 269. The molecule has 0 N–H and O–H groups in total. The molecular weight excluding hydrogens is 228 g/mol. The Morgan fingerprint density at radius 1 is 0.556 bits per heavy atom. The third-order valence-corrected chi connectivity index (χ3v) is 2.97. The van der Waals surface area contributed by atoms with E-state index in [9.17, 15) is 14.4 Å². The second kappa shape index (κ2) is 11.1. The highest BCUT2D eigenvalue weighted by molar-refractivity contribution is 5.78. The minimum Gasteiger partial charge on any atom is -0.300 e. The lowest BCUT2D eigenvalue weighted by atomic mass is 10.0. The van der Waals surface area contributed by atoms with Gasteiger partial charge >= 0.3 is 0 Å². The first-order chi connectivity index (χ1) is 8.52. The van der Waals surface area contributed by atoms with Crippen molar-refractivity contribution in [1.82, 2.24) is 0 Å². The maximum Gasteiger partial charge on any atom is 0.132 e. The van der Waals surface area contributed by atoms with Crippen LogP contribution in [0.4, 0.5) is 0 Å². The zero-order valence-corrected chi connectivity index (χ0v) is 11.8. The molecule has 0 saturated carbocycles. The summed E-state index contributed by atoms with van der Waals surface area (Å²) in [6, 6.07) is 0. The Morgan fingerprint density at radius 3 is 1.33 bits per heavy atom. The van der Waals surface area contributed by atoms with Gasteiger partial charge in [-0.2, -0.15) is 0 Å². The largest absolute Gasteiger partial charge is 0.300 e. The molecule has 0 saturated heterocycles. The Balaban J connectivity index is 3.26. The SMILES string of the molecule is CC(=O)CCCCCCC(=O)CCCCC(C)=O. The lowest BCUT2D eigenvalue weighted by molar-refractivity contribution is -0.120. The predicted molar refractivity (Wildman–Crippen MR) is 72.5 cm³/mol. The summed E-state index contributed by atoms with van der Waals surface area (Å²) in [5.41, 5.74) is 0. The first-order valence-electron chi connectivity index (χ1n) is 7.03. The fourth-order valence-electron chi connectivity index (χ4n) is 1.87. The van der Waals surface area contributed by atoms with Crippen LogP contribution in [-0.4, -0.2) is 17.3 Å². The van der Waals surface area contributed by atoms with E-state index in [2.05, 4.69) is 0 Å². The molecule has 0 aliphatic carbocycles. The van der Waals surface area contributed by atoms with Crippen molar-refractivity contribution in [2.24, 2.45) is 0 Å². The van der Waals surface area contributed by atoms with E-state index < -0.39 is 0 Å². The van der Waals surface area contributed by atoms with Gasteiger partial charge in [0.05, 0.1) is 0 Å². The van der Waals surface area contributed by atoms with E-state index in [1.807, 2.05) is 0 Å². The van der Waals surface area contributed by atoms with Crippen LogP contribution in [0.1, 0.15) is 78.1 Å². The highest BCUT2D eigenvalue weighted by Crippen LogP contribution is 2.09. The van der Waals surface area contributed by atoms with Crippen LogP contribution in [0, 0.1) is 0 Å². The average Bonchev–Trinajstić information content (AvgIpc) is 2.28. The number of ketones is 3. The summed E-state index contributed by atoms with van der Waals surface area (Å²) in [4.78, 5) is 32.9. The molecule has 0 aromatic carbocycles. The van der Waals surface area contributed by atoms with Crippen molar-refractivity contribution in [1.29, 1.82) is 0 Å². The number of unbranched alkanes of at least 4 members (excludes halogenated alkanes) is 4. The lowest BCUT2D eigenvalue weighted by Crippen LogP contribution is -1.99. The van der Waals surface area contributed by atoms with E-state index in [0.717, 1.165) is 38.5 Å². The van der Waals surface area contributed by atoms with Crippen LogP contribution in [0.5, 0.6) is 0 Å². The second-order valence-corrected chi connectivity index (χ2v) is 5.06. The van der Waals surface area contributed by atoms with E-state index in [1.54, 1.807) is 13.8 Å². The molecule has 0 aliphatic heterocycles. The van der Waals surface area contributed by atoms with Crippen molar-refractivity contribution in [2.75, 3.05) is 0 Å². The number of rotatable bonds is 12. The van der Waals surface area contributed by atoms with Gasteiger partial charge < -0.3 is 9.59 Å². The summed E-state index contributed by atoms with van der Waals surface area (Å²) in [7, 11) is 0. The number of hydrogen-bond donors (Lipinski definition) is 0. The van der Waals surface area contributed by atoms with Crippen molar-refractivity contribution in [3.05, 3.63) is 0 Å². The van der Waals surface area contributed by atoms with Gasteiger partial charge in [0, 0.05) is 25.7 Å². The summed E-state index contributed by atoms with van der Waals surface area (Å²) in [6.45, 7) is 3.20. The van der Waals surface area contributed by atoms with Gasteiger partial charge in [-0.15, -0.1) is 0 Å². The minimum absolute atomic E-state index is 0.202. The van der Waals surface area contributed by atoms with Gasteiger partial charge in [0.15, 0.2) is 0 Å². The molecule has 0 spiro atoms. The topological polar surface area (TPSA) is 51.2 Å². The summed E-state index contributed by atoms with van der Waals surface area (Å²) >= 11 is 0. The molecule has 0 aromatic rings. The molecule has 0 amide bonds. The Morgan fingerprint density at radius 2 is 0.889 bits per heavy atom. The van der Waals surface area contributed by atoms with Gasteiger partial charge in [-0.3, -0.25) is 4.79 Å². The molecule has 0 aliphatic rings. The fourth-order valence-corrected chi connectivity index (χ4v) is 1.87. The van der Waals surface area contributed by atoms with Crippen LogP contribution >= 0.6 is 0 Å². The molecule has 18 heavy (non-hydrogen) atoms. The second-order valence-electron chi connectivity index (χ2n) is 5.06. The van der Waals surface area contributed by atoms with Crippen molar-refractivity contribution < 1.29 is 14.4 Å². The molecule has 104 valence electrons. The number of carbonyl (C=O) groups is 3. The predicted octanol–water partition coefficient (Wildman–Crippen LogP) is 3.63. The first kappa shape index (κ1) is 17.0. The molecule has 0 radical (unpaired) electrons. The monoisotopic (exact) mass is 254 g/mol. The van der Waals surface area contributed by atoms with Crippen LogP contribution < -0.4 is 0 Å². The number of carbonyl (C=O) groups excluding carboxylic acids is 3. The molecule has 3 heteroatoms. The highest BCUT2D eigenvalue weighted by atomic mass is 16.1. The van der Waals surface area contributed by atoms with Crippen LogP contribution in [0.2, 0.25) is 0 Å². The van der Waals surface area contributed by atoms with E-state index >= 15 is 0 Å². The van der Waals surface area contributed by atoms with Gasteiger partial charge in [0.1, 0.15) is 17.3 Å². The smallest absolute Gasteiger partial charge is 0.132 e. The minimum atomic E-state index is 0.202. The van der Waals surface area contributed by atoms with Crippen molar-refractivity contribution in [2.45, 2.75) is 78.1 Å². The third-order valence-electron chi connectivity index (χ3n) is 2.97. The summed E-state index contributed by atoms with van der Waals surface area (Å²) in [5.74, 6) is 0.759. The first-order valence-corrected chi connectivity index (χ1v) is 7.03. The van der Waals surface area contributed by atoms with Crippen LogP contribution in [0.25, 0.3) is 0 Å². The molecule has 0 rings (SSSR count). The van der Waals surface area contributed by atoms with Gasteiger partial charge in [0.2, 0.25) is 0 Å². The standard InChI is InChI=1S/C15H26O3/c1-13(16)9-5-3-4-6-11-15(18)12-8-7-10-14(2)17/h3-12H2,1-2H3. The molecule has 0 atom stereocenters. The quantitative estimate of drug-likeness (QED) is 0.500. The van der Waals surface area contributed by atoms with E-state index in [1.165, 1.54) is 0 Å². The van der Waals surface area contributed by atoms with E-state index in [4.69, 9.17) is 0 Å². The van der Waals surface area contributed by atoms with Crippen LogP contribution in [-0.2, 0) is 14.4 Å². The molecule has 0 aromatic heterocycles. The van der Waals surface area contributed by atoms with Gasteiger partial charge in [-0.1, -0.05) is 12.8 Å². The lowest BCUT2D eigenvalue weighted by Gasteiger charge is -2.01. The Kier molecular flexibility index (Phi) is 10.5. The summed E-state index contributed by atoms with van der Waals surface area (Å²) in [5, 5.41) is 0. The van der Waals surface area contributed by atoms with E-state index in [0.29, 0.717) is 31.5 Å². The fraction of sp³-hybridized carbons (Fsp3) is 0.800. The maximum atomic E-state index is 11.5. The normalized spacial score (nSPS) is 10.3. The van der Waals surface area contributed by atoms with Crippen molar-refractivity contribution >= 4 is 17.3 Å².